The third-order valence-electron chi connectivity index (χ3n) is 6.05. The summed E-state index contributed by atoms with van der Waals surface area (Å²) in [7, 11) is -4.02. The number of nitrogens with zero attached hydrogens (tertiary/aromatic N) is 1. The number of benzene rings is 2. The van der Waals surface area contributed by atoms with Gasteiger partial charge in [0.1, 0.15) is 29.5 Å². The maximum atomic E-state index is 14.0. The molecule has 35 heavy (non-hydrogen) atoms. The molecule has 0 atom stereocenters. The van der Waals surface area contributed by atoms with Crippen LogP contribution in [0.5, 0.6) is 5.75 Å². The first-order valence-corrected chi connectivity index (χ1v) is 12.9. The molecule has 0 bridgehead atoms. The Kier molecular flexibility index (Phi) is 7.09. The number of carboxylic acid groups (broad SMARTS) is 1. The highest BCUT2D eigenvalue weighted by molar-refractivity contribution is 7.90. The third-order valence-corrected chi connectivity index (χ3v) is 7.78. The van der Waals surface area contributed by atoms with E-state index in [1.165, 1.54) is 24.5 Å². The first-order chi connectivity index (χ1) is 16.7. The zero-order valence-electron chi connectivity index (χ0n) is 19.5. The van der Waals surface area contributed by atoms with Gasteiger partial charge in [-0.25, -0.2) is 17.6 Å². The van der Waals surface area contributed by atoms with Crippen LogP contribution in [0.3, 0.4) is 0 Å². The summed E-state index contributed by atoms with van der Waals surface area (Å²) in [5, 5.41) is 9.93. The molecule has 9 heteroatoms. The van der Waals surface area contributed by atoms with Gasteiger partial charge in [-0.3, -0.25) is 0 Å². The van der Waals surface area contributed by atoms with Crippen molar-refractivity contribution >= 4 is 21.9 Å². The van der Waals surface area contributed by atoms with Crippen LogP contribution in [-0.4, -0.2) is 44.0 Å². The predicted octanol–water partition coefficient (Wildman–Crippen LogP) is 5.01. The van der Waals surface area contributed by atoms with Crippen LogP contribution in [0.4, 0.5) is 4.39 Å². The van der Waals surface area contributed by atoms with Crippen molar-refractivity contribution in [1.82, 2.24) is 4.90 Å². The Morgan fingerprint density at radius 3 is 2.63 bits per heavy atom. The standard InChI is InChI=1S/C26H26FNO6S/c1-3-28(4-2)12-5-6-17-14-19(27)8-10-23(17)35(31,32)16-18-7-9-21-20-11-13-33-22(20)15-34-25(21)24(18)26(29)30/h5-11,13-14H,3-4,12,15-16H2,1-2H3,(H,29,30). The molecule has 2 aromatic carbocycles. The minimum Gasteiger partial charge on any atom is -0.484 e. The van der Waals surface area contributed by atoms with Crippen LogP contribution in [0.1, 0.15) is 41.1 Å². The summed E-state index contributed by atoms with van der Waals surface area (Å²) in [6, 6.07) is 8.30. The third kappa shape index (κ3) is 5.01. The summed E-state index contributed by atoms with van der Waals surface area (Å²) in [4.78, 5) is 14.2. The number of fused-ring (bicyclic) bond motifs is 3. The maximum Gasteiger partial charge on any atom is 0.339 e. The number of ether oxygens (including phenoxy) is 1. The summed E-state index contributed by atoms with van der Waals surface area (Å²) in [5.41, 5.74) is 1.33. The smallest absolute Gasteiger partial charge is 0.339 e. The molecule has 2 heterocycles. The molecular weight excluding hydrogens is 473 g/mol. The van der Waals surface area contributed by atoms with Gasteiger partial charge in [0.2, 0.25) is 0 Å². The van der Waals surface area contributed by atoms with E-state index in [1.807, 2.05) is 13.8 Å². The van der Waals surface area contributed by atoms with Gasteiger partial charge in [-0.05, 0) is 48.5 Å². The van der Waals surface area contributed by atoms with Gasteiger partial charge in [0.25, 0.3) is 0 Å². The number of rotatable bonds is 9. The Labute approximate surface area is 203 Å². The Hall–Kier alpha value is -3.43. The fourth-order valence-electron chi connectivity index (χ4n) is 4.20. The molecule has 0 aliphatic carbocycles. The van der Waals surface area contributed by atoms with Crippen molar-refractivity contribution in [1.29, 1.82) is 0 Å². The van der Waals surface area contributed by atoms with Gasteiger partial charge in [0.05, 0.1) is 16.9 Å². The highest BCUT2D eigenvalue weighted by atomic mass is 32.2. The quantitative estimate of drug-likeness (QED) is 0.414. The van der Waals surface area contributed by atoms with Gasteiger partial charge in [-0.15, -0.1) is 0 Å². The van der Waals surface area contributed by atoms with Crippen LogP contribution in [0, 0.1) is 5.82 Å². The number of hydrogen-bond donors (Lipinski definition) is 1. The van der Waals surface area contributed by atoms with E-state index in [4.69, 9.17) is 9.15 Å². The Morgan fingerprint density at radius 1 is 1.14 bits per heavy atom. The first-order valence-electron chi connectivity index (χ1n) is 11.2. The summed E-state index contributed by atoms with van der Waals surface area (Å²) < 4.78 is 51.9. The van der Waals surface area contributed by atoms with Gasteiger partial charge in [0, 0.05) is 17.7 Å². The molecule has 7 nitrogen and oxygen atoms in total. The Bertz CT molecular complexity index is 1390. The molecule has 0 amide bonds. The summed E-state index contributed by atoms with van der Waals surface area (Å²) >= 11 is 0. The van der Waals surface area contributed by atoms with Crippen molar-refractivity contribution in [3.63, 3.8) is 0 Å². The number of sulfone groups is 1. The predicted molar refractivity (Wildman–Crippen MR) is 130 cm³/mol. The van der Waals surface area contributed by atoms with Gasteiger partial charge in [-0.2, -0.15) is 0 Å². The van der Waals surface area contributed by atoms with Gasteiger partial charge >= 0.3 is 5.97 Å². The van der Waals surface area contributed by atoms with Crippen molar-refractivity contribution in [3.8, 4) is 16.9 Å². The Balaban J connectivity index is 1.72. The van der Waals surface area contributed by atoms with E-state index >= 15 is 0 Å². The lowest BCUT2D eigenvalue weighted by Crippen LogP contribution is -2.22. The molecule has 0 radical (unpaired) electrons. The first kappa shape index (κ1) is 24.7. The number of aromatic carboxylic acids is 1. The van der Waals surface area contributed by atoms with Crippen LogP contribution < -0.4 is 4.74 Å². The van der Waals surface area contributed by atoms with E-state index < -0.39 is 27.4 Å². The van der Waals surface area contributed by atoms with E-state index in [-0.39, 0.29) is 33.9 Å². The molecule has 184 valence electrons. The van der Waals surface area contributed by atoms with Crippen LogP contribution >= 0.6 is 0 Å². The Morgan fingerprint density at radius 2 is 1.91 bits per heavy atom. The van der Waals surface area contributed by atoms with Gasteiger partial charge in [-0.1, -0.05) is 38.1 Å². The average molecular weight is 500 g/mol. The van der Waals surface area contributed by atoms with Crippen molar-refractivity contribution in [2.45, 2.75) is 31.1 Å². The lowest BCUT2D eigenvalue weighted by atomic mass is 9.96. The van der Waals surface area contributed by atoms with Crippen molar-refractivity contribution in [2.24, 2.45) is 0 Å². The molecule has 1 aliphatic rings. The highest BCUT2D eigenvalue weighted by Gasteiger charge is 2.30. The van der Waals surface area contributed by atoms with E-state index in [2.05, 4.69) is 4.90 Å². The van der Waals surface area contributed by atoms with Crippen LogP contribution in [0.15, 0.2) is 58.1 Å². The minimum absolute atomic E-state index is 0.0469. The van der Waals surface area contributed by atoms with Gasteiger partial charge < -0.3 is 19.2 Å². The van der Waals surface area contributed by atoms with Crippen LogP contribution in [-0.2, 0) is 22.2 Å². The van der Waals surface area contributed by atoms with E-state index in [1.54, 1.807) is 24.3 Å². The fourth-order valence-corrected chi connectivity index (χ4v) is 5.76. The topological polar surface area (TPSA) is 97.1 Å². The second-order valence-corrected chi connectivity index (χ2v) is 10.1. The second kappa shape index (κ2) is 10.1. The fraction of sp³-hybridized carbons (Fsp3) is 0.269. The molecule has 1 N–H and O–H groups in total. The number of carboxylic acids is 1. The zero-order valence-corrected chi connectivity index (χ0v) is 20.3. The summed E-state index contributed by atoms with van der Waals surface area (Å²) in [6.45, 7) is 6.33. The molecule has 0 saturated carbocycles. The van der Waals surface area contributed by atoms with E-state index in [0.29, 0.717) is 23.4 Å². The van der Waals surface area contributed by atoms with Crippen molar-refractivity contribution in [3.05, 3.63) is 77.0 Å². The molecule has 3 aromatic rings. The minimum atomic E-state index is -4.02. The molecule has 1 aliphatic heterocycles. The van der Waals surface area contributed by atoms with Crippen molar-refractivity contribution < 1.29 is 31.9 Å². The maximum absolute atomic E-state index is 14.0. The van der Waals surface area contributed by atoms with Crippen molar-refractivity contribution in [2.75, 3.05) is 19.6 Å². The monoisotopic (exact) mass is 499 g/mol. The van der Waals surface area contributed by atoms with Gasteiger partial charge in [0.15, 0.2) is 9.84 Å². The van der Waals surface area contributed by atoms with Crippen LogP contribution in [0.25, 0.3) is 17.2 Å². The molecule has 0 spiro atoms. The number of halogens is 1. The SMILES string of the molecule is CCN(CC)CC=Cc1cc(F)ccc1S(=O)(=O)Cc1ccc2c(c1C(=O)O)OCc1occc1-2. The molecule has 4 rings (SSSR count). The molecular formula is C26H26FNO6S. The number of hydrogen-bond acceptors (Lipinski definition) is 6. The zero-order chi connectivity index (χ0) is 25.2. The lowest BCUT2D eigenvalue weighted by molar-refractivity contribution is 0.0690. The second-order valence-electron chi connectivity index (χ2n) is 8.16. The molecule has 0 saturated heterocycles. The largest absolute Gasteiger partial charge is 0.484 e. The molecule has 1 aromatic heterocycles. The number of likely N-dealkylation sites (N-methyl/N-ethyl adjacent to an activating group) is 1. The average Bonchev–Trinajstić information content (AvgIpc) is 3.30. The molecule has 0 fully saturated rings. The molecule has 0 unspecified atom stereocenters. The normalized spacial score (nSPS) is 13.0. The number of furan rings is 1. The van der Waals surface area contributed by atoms with E-state index in [0.717, 1.165) is 19.2 Å². The lowest BCUT2D eigenvalue weighted by Gasteiger charge is -2.21. The summed E-state index contributed by atoms with van der Waals surface area (Å²) in [6.07, 6.45) is 4.87. The summed E-state index contributed by atoms with van der Waals surface area (Å²) in [5.74, 6) is -1.75. The van der Waals surface area contributed by atoms with E-state index in [9.17, 15) is 22.7 Å². The van der Waals surface area contributed by atoms with Crippen LogP contribution in [0.2, 0.25) is 0 Å². The number of carbonyl (C=O) groups is 1. The highest BCUT2D eigenvalue weighted by Crippen LogP contribution is 2.42.